The fourth-order valence-electron chi connectivity index (χ4n) is 1.98. The molecule has 0 radical (unpaired) electrons. The van der Waals surface area contributed by atoms with Gasteiger partial charge in [-0.15, -0.1) is 0 Å². The summed E-state index contributed by atoms with van der Waals surface area (Å²) in [7, 11) is -2.97. The molecule has 0 aromatic rings. The van der Waals surface area contributed by atoms with E-state index < -0.39 is 10.0 Å². The van der Waals surface area contributed by atoms with E-state index in [0.29, 0.717) is 13.1 Å². The van der Waals surface area contributed by atoms with Gasteiger partial charge >= 0.3 is 0 Å². The highest BCUT2D eigenvalue weighted by molar-refractivity contribution is 7.89. The van der Waals surface area contributed by atoms with Crippen LogP contribution in [0.2, 0.25) is 0 Å². The maximum absolute atomic E-state index is 11.9. The van der Waals surface area contributed by atoms with E-state index in [1.165, 1.54) is 0 Å². The van der Waals surface area contributed by atoms with E-state index in [0.717, 1.165) is 25.7 Å². The van der Waals surface area contributed by atoms with E-state index in [2.05, 4.69) is 0 Å². The monoisotopic (exact) mass is 205 g/mol. The first kappa shape index (κ1) is 11.0. The molecular formula is C9H19NO2S. The number of hydrogen-bond acceptors (Lipinski definition) is 2. The van der Waals surface area contributed by atoms with Gasteiger partial charge in [-0.25, -0.2) is 12.7 Å². The Hall–Kier alpha value is -0.0900. The van der Waals surface area contributed by atoms with Crippen LogP contribution in [0.25, 0.3) is 0 Å². The normalized spacial score (nSPS) is 19.9. The van der Waals surface area contributed by atoms with Crippen LogP contribution >= 0.6 is 0 Å². The van der Waals surface area contributed by atoms with Crippen LogP contribution in [0, 0.1) is 0 Å². The zero-order valence-corrected chi connectivity index (χ0v) is 9.31. The fourth-order valence-corrected chi connectivity index (χ4v) is 4.05. The van der Waals surface area contributed by atoms with E-state index in [1.807, 2.05) is 13.8 Å². The Bertz CT molecular complexity index is 230. The lowest BCUT2D eigenvalue weighted by Gasteiger charge is -2.22. The van der Waals surface area contributed by atoms with Crippen LogP contribution in [0.3, 0.4) is 0 Å². The SMILES string of the molecule is CCN(CC)S(=O)(=O)C1CCCC1. The number of rotatable bonds is 4. The highest BCUT2D eigenvalue weighted by Gasteiger charge is 2.32. The Kier molecular flexibility index (Phi) is 3.74. The second-order valence-corrected chi connectivity index (χ2v) is 5.75. The minimum Gasteiger partial charge on any atom is -0.212 e. The highest BCUT2D eigenvalue weighted by Crippen LogP contribution is 2.26. The second kappa shape index (κ2) is 4.42. The van der Waals surface area contributed by atoms with Crippen molar-refractivity contribution < 1.29 is 8.42 Å². The van der Waals surface area contributed by atoms with E-state index in [9.17, 15) is 8.42 Å². The lowest BCUT2D eigenvalue weighted by atomic mass is 10.4. The molecule has 1 aliphatic rings. The Balaban J connectivity index is 2.73. The summed E-state index contributed by atoms with van der Waals surface area (Å²) < 4.78 is 25.4. The van der Waals surface area contributed by atoms with Gasteiger partial charge < -0.3 is 0 Å². The van der Waals surface area contributed by atoms with Crippen molar-refractivity contribution in [2.75, 3.05) is 13.1 Å². The molecule has 0 unspecified atom stereocenters. The lowest BCUT2D eigenvalue weighted by Crippen LogP contribution is -2.37. The summed E-state index contributed by atoms with van der Waals surface area (Å²) in [5, 5.41) is -0.0904. The van der Waals surface area contributed by atoms with Gasteiger partial charge in [-0.05, 0) is 12.8 Å². The summed E-state index contributed by atoms with van der Waals surface area (Å²) in [5.74, 6) is 0. The maximum atomic E-state index is 11.9. The van der Waals surface area contributed by atoms with Gasteiger partial charge in [-0.1, -0.05) is 26.7 Å². The van der Waals surface area contributed by atoms with Gasteiger partial charge in [-0.3, -0.25) is 0 Å². The quantitative estimate of drug-likeness (QED) is 0.699. The minimum absolute atomic E-state index is 0.0904. The summed E-state index contributed by atoms with van der Waals surface area (Å²) in [4.78, 5) is 0. The van der Waals surface area contributed by atoms with Crippen molar-refractivity contribution in [3.8, 4) is 0 Å². The molecule has 4 heteroatoms. The molecule has 0 atom stereocenters. The molecule has 1 saturated carbocycles. The Morgan fingerprint density at radius 3 is 2.00 bits per heavy atom. The van der Waals surface area contributed by atoms with E-state index in [1.54, 1.807) is 4.31 Å². The summed E-state index contributed by atoms with van der Waals surface area (Å²) in [5.41, 5.74) is 0. The zero-order chi connectivity index (χ0) is 9.90. The van der Waals surface area contributed by atoms with Crippen molar-refractivity contribution in [3.05, 3.63) is 0 Å². The van der Waals surface area contributed by atoms with Gasteiger partial charge in [-0.2, -0.15) is 0 Å². The number of nitrogens with zero attached hydrogens (tertiary/aromatic N) is 1. The molecule has 0 bridgehead atoms. The van der Waals surface area contributed by atoms with Crippen molar-refractivity contribution in [2.24, 2.45) is 0 Å². The molecule has 0 aromatic carbocycles. The van der Waals surface area contributed by atoms with Crippen molar-refractivity contribution in [3.63, 3.8) is 0 Å². The van der Waals surface area contributed by atoms with E-state index in [-0.39, 0.29) is 5.25 Å². The first-order valence-corrected chi connectivity index (χ1v) is 6.62. The maximum Gasteiger partial charge on any atom is 0.216 e. The Morgan fingerprint density at radius 2 is 1.62 bits per heavy atom. The summed E-state index contributed by atoms with van der Waals surface area (Å²) in [6.07, 6.45) is 3.87. The average molecular weight is 205 g/mol. The van der Waals surface area contributed by atoms with Crippen LogP contribution in [-0.4, -0.2) is 31.1 Å². The molecule has 0 amide bonds. The third kappa shape index (κ3) is 2.23. The van der Waals surface area contributed by atoms with Crippen molar-refractivity contribution in [1.29, 1.82) is 0 Å². The van der Waals surface area contributed by atoms with Crippen LogP contribution in [0.1, 0.15) is 39.5 Å². The Morgan fingerprint density at radius 1 is 1.15 bits per heavy atom. The highest BCUT2D eigenvalue weighted by atomic mass is 32.2. The molecule has 0 N–H and O–H groups in total. The van der Waals surface area contributed by atoms with Crippen molar-refractivity contribution in [1.82, 2.24) is 4.31 Å². The minimum atomic E-state index is -2.97. The predicted octanol–water partition coefficient (Wildman–Crippen LogP) is 1.60. The predicted molar refractivity (Wildman–Crippen MR) is 54.1 cm³/mol. The molecule has 13 heavy (non-hydrogen) atoms. The first-order chi connectivity index (χ1) is 6.12. The van der Waals surface area contributed by atoms with Crippen LogP contribution in [0.4, 0.5) is 0 Å². The molecule has 1 aliphatic carbocycles. The molecule has 0 heterocycles. The molecule has 1 fully saturated rings. The molecule has 1 rings (SSSR count). The molecule has 3 nitrogen and oxygen atoms in total. The zero-order valence-electron chi connectivity index (χ0n) is 8.49. The van der Waals surface area contributed by atoms with E-state index in [4.69, 9.17) is 0 Å². The Labute approximate surface area is 81.2 Å². The van der Waals surface area contributed by atoms with Gasteiger partial charge in [0.15, 0.2) is 0 Å². The summed E-state index contributed by atoms with van der Waals surface area (Å²) in [6, 6.07) is 0. The number of sulfonamides is 1. The van der Waals surface area contributed by atoms with E-state index >= 15 is 0 Å². The summed E-state index contributed by atoms with van der Waals surface area (Å²) >= 11 is 0. The van der Waals surface area contributed by atoms with Gasteiger partial charge in [0.1, 0.15) is 0 Å². The van der Waals surface area contributed by atoms with Crippen LogP contribution in [0.15, 0.2) is 0 Å². The molecule has 78 valence electrons. The first-order valence-electron chi connectivity index (χ1n) is 5.11. The van der Waals surface area contributed by atoms with Crippen LogP contribution in [-0.2, 0) is 10.0 Å². The second-order valence-electron chi connectivity index (χ2n) is 3.54. The van der Waals surface area contributed by atoms with Crippen molar-refractivity contribution >= 4 is 10.0 Å². The smallest absolute Gasteiger partial charge is 0.212 e. The molecule has 0 aromatic heterocycles. The molecule has 0 spiro atoms. The largest absolute Gasteiger partial charge is 0.216 e. The number of hydrogen-bond donors (Lipinski definition) is 0. The third-order valence-corrected chi connectivity index (χ3v) is 5.34. The average Bonchev–Trinajstić information content (AvgIpc) is 2.58. The molecular weight excluding hydrogens is 186 g/mol. The standard InChI is InChI=1S/C9H19NO2S/c1-3-10(4-2)13(11,12)9-7-5-6-8-9/h9H,3-8H2,1-2H3. The van der Waals surface area contributed by atoms with Crippen LogP contribution < -0.4 is 0 Å². The van der Waals surface area contributed by atoms with Gasteiger partial charge in [0.05, 0.1) is 5.25 Å². The topological polar surface area (TPSA) is 37.4 Å². The van der Waals surface area contributed by atoms with Gasteiger partial charge in [0.2, 0.25) is 10.0 Å². The van der Waals surface area contributed by atoms with Gasteiger partial charge in [0.25, 0.3) is 0 Å². The van der Waals surface area contributed by atoms with Crippen LogP contribution in [0.5, 0.6) is 0 Å². The third-order valence-electron chi connectivity index (χ3n) is 2.79. The van der Waals surface area contributed by atoms with Gasteiger partial charge in [0, 0.05) is 13.1 Å². The lowest BCUT2D eigenvalue weighted by molar-refractivity contribution is 0.435. The summed E-state index contributed by atoms with van der Waals surface area (Å²) in [6.45, 7) is 5.01. The molecule has 0 aliphatic heterocycles. The fraction of sp³-hybridized carbons (Fsp3) is 1.00. The molecule has 0 saturated heterocycles. The van der Waals surface area contributed by atoms with Crippen molar-refractivity contribution in [2.45, 2.75) is 44.8 Å².